The third-order valence-corrected chi connectivity index (χ3v) is 9.27. The van der Waals surface area contributed by atoms with Gasteiger partial charge >= 0.3 is 12.4 Å². The lowest BCUT2D eigenvalue weighted by Gasteiger charge is -2.14. The zero-order chi connectivity index (χ0) is 32.7. The molecule has 0 bridgehead atoms. The van der Waals surface area contributed by atoms with Gasteiger partial charge in [-0.05, 0) is 77.5 Å². The van der Waals surface area contributed by atoms with Crippen molar-refractivity contribution in [3.05, 3.63) is 99.0 Å². The standard InChI is InChI=1S/C28H19ClF6N4O4S2/c29-20-5-2-17(22(13-20)28(33,34)35)15-39-23-8-1-16(11-18(23)14-36-39)12-24-25(40)38(26(41)44-24)10-9-37-45(42,43)21-6-3-19(4-7-21)27(30,31)32/h1-8,11-14,37H,9-10,15H2. The molecule has 1 saturated heterocycles. The lowest BCUT2D eigenvalue weighted by Crippen LogP contribution is -2.37. The van der Waals surface area contributed by atoms with Crippen molar-refractivity contribution in [2.75, 3.05) is 13.1 Å². The van der Waals surface area contributed by atoms with Gasteiger partial charge in [0.1, 0.15) is 0 Å². The second kappa shape index (κ2) is 12.2. The van der Waals surface area contributed by atoms with Crippen LogP contribution in [0.25, 0.3) is 17.0 Å². The minimum absolute atomic E-state index is 0.0312. The topological polar surface area (TPSA) is 101 Å². The van der Waals surface area contributed by atoms with Gasteiger partial charge in [-0.25, -0.2) is 13.1 Å². The average molecular weight is 689 g/mol. The van der Waals surface area contributed by atoms with Crippen LogP contribution < -0.4 is 4.72 Å². The molecule has 0 atom stereocenters. The van der Waals surface area contributed by atoms with Gasteiger partial charge in [-0.2, -0.15) is 31.4 Å². The number of carbonyl (C=O) groups excluding carboxylic acids is 2. The lowest BCUT2D eigenvalue weighted by molar-refractivity contribution is -0.138. The third kappa shape index (κ3) is 7.19. The number of aromatic nitrogens is 2. The highest BCUT2D eigenvalue weighted by Gasteiger charge is 2.36. The molecular formula is C28H19ClF6N4O4S2. The first kappa shape index (κ1) is 32.5. The summed E-state index contributed by atoms with van der Waals surface area (Å²) in [6.45, 7) is -0.905. The van der Waals surface area contributed by atoms with Crippen LogP contribution in [0.1, 0.15) is 22.3 Å². The summed E-state index contributed by atoms with van der Waals surface area (Å²) >= 11 is 6.39. The molecule has 3 aromatic carbocycles. The fourth-order valence-electron chi connectivity index (χ4n) is 4.48. The number of imide groups is 1. The summed E-state index contributed by atoms with van der Waals surface area (Å²) in [5.41, 5.74) is -0.909. The van der Waals surface area contributed by atoms with Crippen molar-refractivity contribution in [1.29, 1.82) is 0 Å². The normalized spacial score (nSPS) is 15.5. The first-order valence-electron chi connectivity index (χ1n) is 12.8. The Morgan fingerprint density at radius 2 is 1.64 bits per heavy atom. The van der Waals surface area contributed by atoms with E-state index in [9.17, 15) is 44.3 Å². The van der Waals surface area contributed by atoms with Crippen molar-refractivity contribution in [2.45, 2.75) is 23.8 Å². The highest BCUT2D eigenvalue weighted by Crippen LogP contribution is 2.35. The molecule has 1 aliphatic rings. The first-order chi connectivity index (χ1) is 21.0. The molecule has 0 unspecified atom stereocenters. The molecule has 8 nitrogen and oxygen atoms in total. The summed E-state index contributed by atoms with van der Waals surface area (Å²) in [5, 5.41) is 4.05. The number of carbonyl (C=O) groups is 2. The Morgan fingerprint density at radius 3 is 2.31 bits per heavy atom. The Balaban J connectivity index is 1.25. The van der Waals surface area contributed by atoms with Crippen molar-refractivity contribution in [1.82, 2.24) is 19.4 Å². The van der Waals surface area contributed by atoms with Gasteiger partial charge in [0.05, 0.1) is 39.2 Å². The number of sulfonamides is 1. The molecule has 45 heavy (non-hydrogen) atoms. The Bertz CT molecular complexity index is 1940. The van der Waals surface area contributed by atoms with E-state index < -0.39 is 49.5 Å². The number of alkyl halides is 6. The molecule has 1 N–H and O–H groups in total. The molecule has 2 heterocycles. The van der Waals surface area contributed by atoms with Crippen molar-refractivity contribution in [3.63, 3.8) is 0 Å². The Morgan fingerprint density at radius 1 is 0.933 bits per heavy atom. The SMILES string of the molecule is O=C1SC(=Cc2ccc3c(cnn3Cc3ccc(Cl)cc3C(F)(F)F)c2)C(=O)N1CCNS(=O)(=O)c1ccc(C(F)(F)F)cc1. The third-order valence-electron chi connectivity index (χ3n) is 6.65. The van der Waals surface area contributed by atoms with Gasteiger partial charge in [0.15, 0.2) is 0 Å². The first-order valence-corrected chi connectivity index (χ1v) is 15.4. The molecule has 1 aliphatic heterocycles. The highest BCUT2D eigenvalue weighted by molar-refractivity contribution is 8.18. The maximum Gasteiger partial charge on any atom is 0.416 e. The minimum atomic E-state index is -4.63. The Labute approximate surface area is 260 Å². The quantitative estimate of drug-likeness (QED) is 0.162. The number of benzene rings is 3. The van der Waals surface area contributed by atoms with E-state index in [1.54, 1.807) is 18.2 Å². The van der Waals surface area contributed by atoms with Crippen molar-refractivity contribution < 1.29 is 44.3 Å². The zero-order valence-corrected chi connectivity index (χ0v) is 24.9. The van der Waals surface area contributed by atoms with Crippen molar-refractivity contribution in [2.24, 2.45) is 0 Å². The van der Waals surface area contributed by atoms with E-state index >= 15 is 0 Å². The number of amides is 2. The maximum absolute atomic E-state index is 13.5. The molecule has 0 spiro atoms. The molecule has 17 heteroatoms. The second-order valence-corrected chi connectivity index (χ2v) is 12.9. The molecule has 236 valence electrons. The van der Waals surface area contributed by atoms with Crippen LogP contribution in [0, 0.1) is 0 Å². The number of nitrogens with one attached hydrogen (secondary N) is 1. The fourth-order valence-corrected chi connectivity index (χ4v) is 6.53. The van der Waals surface area contributed by atoms with Crippen LogP contribution in [-0.2, 0) is 33.7 Å². The number of thioether (sulfide) groups is 1. The summed E-state index contributed by atoms with van der Waals surface area (Å²) in [5.74, 6) is -0.683. The molecule has 4 aromatic rings. The summed E-state index contributed by atoms with van der Waals surface area (Å²) < 4.78 is 107. The number of fused-ring (bicyclic) bond motifs is 1. The molecular weight excluding hydrogens is 670 g/mol. The monoisotopic (exact) mass is 688 g/mol. The number of rotatable bonds is 8. The fraction of sp³-hybridized carbons (Fsp3) is 0.179. The van der Waals surface area contributed by atoms with Gasteiger partial charge in [-0.15, -0.1) is 0 Å². The van der Waals surface area contributed by atoms with E-state index in [0.29, 0.717) is 40.4 Å². The number of hydrogen-bond donors (Lipinski definition) is 1. The molecule has 5 rings (SSSR count). The number of hydrogen-bond acceptors (Lipinski definition) is 6. The second-order valence-electron chi connectivity index (χ2n) is 9.67. The van der Waals surface area contributed by atoms with Crippen LogP contribution in [0.5, 0.6) is 0 Å². The number of halogens is 7. The van der Waals surface area contributed by atoms with Crippen LogP contribution in [0.2, 0.25) is 5.02 Å². The summed E-state index contributed by atoms with van der Waals surface area (Å²) in [6.07, 6.45) is -6.36. The van der Waals surface area contributed by atoms with E-state index in [1.807, 2.05) is 0 Å². The van der Waals surface area contributed by atoms with E-state index in [4.69, 9.17) is 11.6 Å². The summed E-state index contributed by atoms with van der Waals surface area (Å²) in [7, 11) is -4.22. The predicted molar refractivity (Wildman–Crippen MR) is 155 cm³/mol. The van der Waals surface area contributed by atoms with E-state index in [1.165, 1.54) is 29.1 Å². The molecule has 2 amide bonds. The summed E-state index contributed by atoms with van der Waals surface area (Å²) in [6, 6.07) is 11.2. The zero-order valence-electron chi connectivity index (χ0n) is 22.5. The van der Waals surface area contributed by atoms with Crippen LogP contribution in [0.3, 0.4) is 0 Å². The van der Waals surface area contributed by atoms with Crippen LogP contribution in [-0.4, -0.2) is 47.3 Å². The molecule has 1 aromatic heterocycles. The predicted octanol–water partition coefficient (Wildman–Crippen LogP) is 6.79. The lowest BCUT2D eigenvalue weighted by atomic mass is 10.1. The summed E-state index contributed by atoms with van der Waals surface area (Å²) in [4.78, 5) is 25.8. The molecule has 0 aliphatic carbocycles. The van der Waals surface area contributed by atoms with Crippen LogP contribution in [0.15, 0.2) is 76.7 Å². The van der Waals surface area contributed by atoms with Crippen molar-refractivity contribution in [3.8, 4) is 0 Å². The van der Waals surface area contributed by atoms with Crippen molar-refractivity contribution >= 4 is 61.5 Å². The van der Waals surface area contributed by atoms with E-state index in [-0.39, 0.29) is 35.1 Å². The van der Waals surface area contributed by atoms with Gasteiger partial charge in [0.25, 0.3) is 11.1 Å². The molecule has 1 fully saturated rings. The maximum atomic E-state index is 13.5. The smallest absolute Gasteiger partial charge is 0.268 e. The van der Waals surface area contributed by atoms with Crippen LogP contribution >= 0.6 is 23.4 Å². The minimum Gasteiger partial charge on any atom is -0.268 e. The Hall–Kier alpha value is -3.86. The van der Waals surface area contributed by atoms with Gasteiger partial charge in [-0.3, -0.25) is 19.2 Å². The Kier molecular flexibility index (Phi) is 8.78. The van der Waals surface area contributed by atoms with Gasteiger partial charge in [0.2, 0.25) is 10.0 Å². The molecule has 0 radical (unpaired) electrons. The van der Waals surface area contributed by atoms with Gasteiger partial charge in [0, 0.05) is 23.5 Å². The van der Waals surface area contributed by atoms with Crippen LogP contribution in [0.4, 0.5) is 31.1 Å². The highest BCUT2D eigenvalue weighted by atomic mass is 35.5. The molecule has 0 saturated carbocycles. The largest absolute Gasteiger partial charge is 0.416 e. The number of nitrogens with zero attached hydrogens (tertiary/aromatic N) is 3. The van der Waals surface area contributed by atoms with E-state index in [2.05, 4.69) is 9.82 Å². The van der Waals surface area contributed by atoms with Gasteiger partial charge < -0.3 is 0 Å². The van der Waals surface area contributed by atoms with E-state index in [0.717, 1.165) is 23.1 Å². The van der Waals surface area contributed by atoms with Gasteiger partial charge in [-0.1, -0.05) is 23.7 Å². The average Bonchev–Trinajstić information content (AvgIpc) is 3.47.